The summed E-state index contributed by atoms with van der Waals surface area (Å²) in [5, 5.41) is 0.295. The van der Waals surface area contributed by atoms with Gasteiger partial charge in [-0.2, -0.15) is 0 Å². The summed E-state index contributed by atoms with van der Waals surface area (Å²) >= 11 is 8.29. The van der Waals surface area contributed by atoms with E-state index in [1.807, 2.05) is 53.4 Å². The first-order chi connectivity index (χ1) is 16.7. The number of carbonyl (C=O) groups is 1. The Balaban J connectivity index is 1.26. The van der Waals surface area contributed by atoms with Crippen molar-refractivity contribution in [3.8, 4) is 0 Å². The van der Waals surface area contributed by atoms with Crippen LogP contribution in [0.15, 0.2) is 94.9 Å². The lowest BCUT2D eigenvalue weighted by Crippen LogP contribution is -2.47. The van der Waals surface area contributed by atoms with Crippen molar-refractivity contribution in [1.29, 1.82) is 0 Å². The number of carbonyl (C=O) groups excluding carboxylic acids is 1. The van der Waals surface area contributed by atoms with Crippen LogP contribution in [0, 0.1) is 0 Å². The highest BCUT2D eigenvalue weighted by Crippen LogP contribution is 2.45. The molecule has 0 N–H and O–H groups in total. The smallest absolute Gasteiger partial charge is 0.270 e. The van der Waals surface area contributed by atoms with Crippen LogP contribution in [0.4, 0.5) is 11.4 Å². The quantitative estimate of drug-likeness (QED) is 0.427. The van der Waals surface area contributed by atoms with Gasteiger partial charge in [-0.1, -0.05) is 84.0 Å². The van der Waals surface area contributed by atoms with Crippen molar-refractivity contribution < 1.29 is 4.79 Å². The Morgan fingerprint density at radius 3 is 2.15 bits per heavy atom. The predicted molar refractivity (Wildman–Crippen MR) is 144 cm³/mol. The fourth-order valence-corrected chi connectivity index (χ4v) is 5.97. The second-order valence-corrected chi connectivity index (χ2v) is 9.98. The number of anilines is 2. The van der Waals surface area contributed by atoms with Gasteiger partial charge in [0.2, 0.25) is 0 Å². The first-order valence-electron chi connectivity index (χ1n) is 11.8. The van der Waals surface area contributed by atoms with Crippen LogP contribution >= 0.6 is 23.4 Å². The molecule has 3 aromatic rings. The summed E-state index contributed by atoms with van der Waals surface area (Å²) in [7, 11) is 0. The molecule has 34 heavy (non-hydrogen) atoms. The Kier molecular flexibility index (Phi) is 7.24. The van der Waals surface area contributed by atoms with Gasteiger partial charge in [0.25, 0.3) is 5.91 Å². The summed E-state index contributed by atoms with van der Waals surface area (Å²) in [6, 6.07) is 28.6. The highest BCUT2D eigenvalue weighted by Gasteiger charge is 2.29. The Labute approximate surface area is 210 Å². The molecule has 0 spiro atoms. The van der Waals surface area contributed by atoms with E-state index in [4.69, 9.17) is 11.6 Å². The van der Waals surface area contributed by atoms with Crippen LogP contribution in [0.5, 0.6) is 0 Å². The molecular formula is C28H28ClN3OS. The highest BCUT2D eigenvalue weighted by atomic mass is 35.5. The predicted octanol–water partition coefficient (Wildman–Crippen LogP) is 5.95. The van der Waals surface area contributed by atoms with E-state index in [0.29, 0.717) is 11.6 Å². The van der Waals surface area contributed by atoms with Gasteiger partial charge in [-0.15, -0.1) is 0 Å². The Morgan fingerprint density at radius 2 is 1.41 bits per heavy atom. The Bertz CT molecular complexity index is 1160. The molecule has 174 valence electrons. The van der Waals surface area contributed by atoms with Crippen molar-refractivity contribution in [3.05, 3.63) is 95.5 Å². The fraction of sp³-hybridized carbons (Fsp3) is 0.250. The number of hydrogen-bond donors (Lipinski definition) is 0. The van der Waals surface area contributed by atoms with Gasteiger partial charge in [0.05, 0.1) is 5.69 Å². The molecule has 2 aliphatic heterocycles. The van der Waals surface area contributed by atoms with Gasteiger partial charge in [0.1, 0.15) is 5.03 Å². The maximum absolute atomic E-state index is 13.5. The molecule has 0 aromatic heterocycles. The van der Waals surface area contributed by atoms with Crippen LogP contribution in [0.25, 0.3) is 4.91 Å². The molecule has 2 heterocycles. The second kappa shape index (κ2) is 10.7. The number of halogens is 1. The average Bonchev–Trinajstić information content (AvgIpc) is 3.00. The van der Waals surface area contributed by atoms with Gasteiger partial charge in [-0.25, -0.2) is 0 Å². The molecule has 3 aromatic carbocycles. The molecule has 0 bridgehead atoms. The maximum Gasteiger partial charge on any atom is 0.270 e. The SMILES string of the molecule is O=C1C(Cl)=C(c2ccccc2)Sc2ccccc2N1CCCN1CCN(c2ccccc2)CC1. The lowest BCUT2D eigenvalue weighted by molar-refractivity contribution is -0.114. The molecule has 0 saturated carbocycles. The zero-order valence-electron chi connectivity index (χ0n) is 19.1. The lowest BCUT2D eigenvalue weighted by atomic mass is 10.2. The molecule has 2 aliphatic rings. The molecule has 4 nitrogen and oxygen atoms in total. The summed E-state index contributed by atoms with van der Waals surface area (Å²) in [5.74, 6) is -0.119. The van der Waals surface area contributed by atoms with Crippen molar-refractivity contribution >= 4 is 45.5 Å². The number of hydrogen-bond acceptors (Lipinski definition) is 4. The van der Waals surface area contributed by atoms with Crippen LogP contribution in [0.3, 0.4) is 0 Å². The third kappa shape index (κ3) is 5.02. The van der Waals surface area contributed by atoms with E-state index in [0.717, 1.165) is 60.2 Å². The van der Waals surface area contributed by atoms with Gasteiger partial charge in [0.15, 0.2) is 0 Å². The van der Waals surface area contributed by atoms with Gasteiger partial charge in [-0.05, 0) is 42.8 Å². The van der Waals surface area contributed by atoms with Crippen molar-refractivity contribution in [3.63, 3.8) is 0 Å². The van der Waals surface area contributed by atoms with E-state index in [1.54, 1.807) is 11.8 Å². The number of rotatable bonds is 6. The van der Waals surface area contributed by atoms with E-state index >= 15 is 0 Å². The number of fused-ring (bicyclic) bond motifs is 1. The third-order valence-electron chi connectivity index (χ3n) is 6.39. The average molecular weight is 490 g/mol. The first-order valence-corrected chi connectivity index (χ1v) is 13.0. The minimum atomic E-state index is -0.119. The molecular weight excluding hydrogens is 462 g/mol. The molecule has 0 unspecified atom stereocenters. The molecule has 1 fully saturated rings. The van der Waals surface area contributed by atoms with Crippen molar-refractivity contribution in [2.24, 2.45) is 0 Å². The minimum absolute atomic E-state index is 0.119. The summed E-state index contributed by atoms with van der Waals surface area (Å²) in [4.78, 5) is 22.2. The van der Waals surface area contributed by atoms with Crippen molar-refractivity contribution in [2.45, 2.75) is 11.3 Å². The zero-order valence-corrected chi connectivity index (χ0v) is 20.6. The zero-order chi connectivity index (χ0) is 23.3. The van der Waals surface area contributed by atoms with E-state index in [9.17, 15) is 4.79 Å². The highest BCUT2D eigenvalue weighted by molar-refractivity contribution is 8.08. The summed E-state index contributed by atoms with van der Waals surface area (Å²) in [5.41, 5.74) is 3.20. The Hall–Kier alpha value is -2.73. The molecule has 0 radical (unpaired) electrons. The van der Waals surface area contributed by atoms with Gasteiger partial charge < -0.3 is 9.80 Å². The van der Waals surface area contributed by atoms with Gasteiger partial charge in [-0.3, -0.25) is 9.69 Å². The molecule has 0 atom stereocenters. The molecule has 5 rings (SSSR count). The molecule has 1 saturated heterocycles. The number of thioether (sulfide) groups is 1. The topological polar surface area (TPSA) is 26.8 Å². The van der Waals surface area contributed by atoms with Gasteiger partial charge in [0, 0.05) is 48.2 Å². The largest absolute Gasteiger partial charge is 0.369 e. The van der Waals surface area contributed by atoms with Crippen molar-refractivity contribution in [1.82, 2.24) is 4.90 Å². The van der Waals surface area contributed by atoms with Crippen LogP contribution < -0.4 is 9.80 Å². The van der Waals surface area contributed by atoms with E-state index in [-0.39, 0.29) is 5.91 Å². The van der Waals surface area contributed by atoms with E-state index < -0.39 is 0 Å². The Morgan fingerprint density at radius 1 is 0.765 bits per heavy atom. The van der Waals surface area contributed by atoms with Crippen molar-refractivity contribution in [2.75, 3.05) is 49.1 Å². The summed E-state index contributed by atoms with van der Waals surface area (Å²) in [6.45, 7) is 5.74. The molecule has 0 aliphatic carbocycles. The van der Waals surface area contributed by atoms with E-state index in [2.05, 4.69) is 46.2 Å². The number of para-hydroxylation sites is 2. The number of nitrogens with zero attached hydrogens (tertiary/aromatic N) is 3. The molecule has 1 amide bonds. The van der Waals surface area contributed by atoms with Crippen LogP contribution in [0.1, 0.15) is 12.0 Å². The van der Waals surface area contributed by atoms with Gasteiger partial charge >= 0.3 is 0 Å². The normalized spacial score (nSPS) is 17.0. The standard InChI is InChI=1S/C28H28ClN3OS/c29-26-27(22-10-3-1-4-11-22)34-25-15-8-7-14-24(25)32(28(26)33)17-9-16-30-18-20-31(21-19-30)23-12-5-2-6-13-23/h1-8,10-15H,9,16-21H2. The minimum Gasteiger partial charge on any atom is -0.369 e. The van der Waals surface area contributed by atoms with Crippen LogP contribution in [-0.4, -0.2) is 50.1 Å². The second-order valence-electron chi connectivity index (χ2n) is 8.55. The number of piperazine rings is 1. The first kappa shape index (κ1) is 23.0. The third-order valence-corrected chi connectivity index (χ3v) is 8.06. The lowest BCUT2D eigenvalue weighted by Gasteiger charge is -2.36. The number of benzene rings is 3. The maximum atomic E-state index is 13.5. The van der Waals surface area contributed by atoms with Crippen LogP contribution in [-0.2, 0) is 4.79 Å². The molecule has 6 heteroatoms. The summed E-state index contributed by atoms with van der Waals surface area (Å²) < 4.78 is 0. The number of amides is 1. The van der Waals surface area contributed by atoms with E-state index in [1.165, 1.54) is 5.69 Å². The summed E-state index contributed by atoms with van der Waals surface area (Å²) in [6.07, 6.45) is 0.904. The monoisotopic (exact) mass is 489 g/mol. The van der Waals surface area contributed by atoms with Crippen LogP contribution in [0.2, 0.25) is 0 Å². The fourth-order valence-electron chi connectivity index (χ4n) is 4.56.